The van der Waals surface area contributed by atoms with Gasteiger partial charge in [-0.3, -0.25) is 14.4 Å². The van der Waals surface area contributed by atoms with Crippen LogP contribution in [0.15, 0.2) is 36.4 Å². The number of Topliss-reactive ketones (excluding diaryl/α,β-unsaturated/α-hetero) is 1. The van der Waals surface area contributed by atoms with Crippen molar-refractivity contribution in [3.63, 3.8) is 0 Å². The van der Waals surface area contributed by atoms with Crippen molar-refractivity contribution >= 4 is 23.3 Å². The number of aryl methyl sites for hydroxylation is 3. The number of rotatable bonds is 6. The molecule has 2 aromatic carbocycles. The van der Waals surface area contributed by atoms with Crippen molar-refractivity contribution in [1.82, 2.24) is 4.90 Å². The van der Waals surface area contributed by atoms with Gasteiger partial charge >= 0.3 is 0 Å². The van der Waals surface area contributed by atoms with Gasteiger partial charge < -0.3 is 10.2 Å². The van der Waals surface area contributed by atoms with Crippen LogP contribution in [0.1, 0.15) is 70.5 Å². The molecule has 2 unspecified atom stereocenters. The van der Waals surface area contributed by atoms with E-state index >= 15 is 0 Å². The summed E-state index contributed by atoms with van der Waals surface area (Å²) < 4.78 is 0. The van der Waals surface area contributed by atoms with Crippen molar-refractivity contribution in [1.29, 1.82) is 0 Å². The van der Waals surface area contributed by atoms with Crippen molar-refractivity contribution in [2.75, 3.05) is 18.4 Å². The summed E-state index contributed by atoms with van der Waals surface area (Å²) in [5.41, 5.74) is 4.92. The predicted molar refractivity (Wildman–Crippen MR) is 128 cm³/mol. The van der Waals surface area contributed by atoms with Crippen LogP contribution >= 0.6 is 0 Å². The monoisotopic (exact) mass is 434 g/mol. The number of nitrogens with zero attached hydrogens (tertiary/aromatic N) is 1. The van der Waals surface area contributed by atoms with Gasteiger partial charge in [0.1, 0.15) is 0 Å². The highest BCUT2D eigenvalue weighted by molar-refractivity contribution is 6.01. The average Bonchev–Trinajstić information content (AvgIpc) is 2.74. The largest absolute Gasteiger partial charge is 0.338 e. The van der Waals surface area contributed by atoms with Gasteiger partial charge in [-0.05, 0) is 73.9 Å². The fourth-order valence-electron chi connectivity index (χ4n) is 4.40. The minimum absolute atomic E-state index is 0.00353. The van der Waals surface area contributed by atoms with Gasteiger partial charge in [0, 0.05) is 42.7 Å². The smallest absolute Gasteiger partial charge is 0.253 e. The number of likely N-dealkylation sites (tertiary alicyclic amines) is 1. The van der Waals surface area contributed by atoms with Crippen LogP contribution in [0.25, 0.3) is 0 Å². The summed E-state index contributed by atoms with van der Waals surface area (Å²) in [7, 11) is 0. The summed E-state index contributed by atoms with van der Waals surface area (Å²) in [6, 6.07) is 11.0. The van der Waals surface area contributed by atoms with Gasteiger partial charge in [-0.1, -0.05) is 32.0 Å². The molecule has 0 saturated carbocycles. The molecule has 1 saturated heterocycles. The van der Waals surface area contributed by atoms with E-state index in [-0.39, 0.29) is 30.4 Å². The van der Waals surface area contributed by atoms with Crippen LogP contribution in [0, 0.1) is 32.6 Å². The first-order valence-corrected chi connectivity index (χ1v) is 11.4. The Morgan fingerprint density at radius 3 is 2.12 bits per heavy atom. The number of carbonyl (C=O) groups is 3. The fraction of sp³-hybridized carbons (Fsp3) is 0.444. The van der Waals surface area contributed by atoms with Crippen LogP contribution in [0.3, 0.4) is 0 Å². The number of anilines is 1. The maximum atomic E-state index is 13.0. The van der Waals surface area contributed by atoms with E-state index in [2.05, 4.69) is 19.2 Å². The van der Waals surface area contributed by atoms with Gasteiger partial charge in [-0.25, -0.2) is 0 Å². The molecule has 0 radical (unpaired) electrons. The van der Waals surface area contributed by atoms with Crippen molar-refractivity contribution in [3.8, 4) is 0 Å². The number of hydrogen-bond acceptors (Lipinski definition) is 3. The summed E-state index contributed by atoms with van der Waals surface area (Å²) in [6.45, 7) is 11.8. The predicted octanol–water partition coefficient (Wildman–Crippen LogP) is 5.33. The maximum absolute atomic E-state index is 13.0. The first kappa shape index (κ1) is 23.7. The van der Waals surface area contributed by atoms with Gasteiger partial charge in [0.05, 0.1) is 0 Å². The van der Waals surface area contributed by atoms with E-state index < -0.39 is 0 Å². The van der Waals surface area contributed by atoms with Crippen molar-refractivity contribution in [2.24, 2.45) is 11.8 Å². The Bertz CT molecular complexity index is 1020. The molecule has 1 fully saturated rings. The SMILES string of the molecule is Cc1ccc(C(=O)CCC(=O)Nc2cc(C(=O)N3CC(C)CC(C)C3)ccc2C)cc1C. The molecule has 170 valence electrons. The van der Waals surface area contributed by atoms with Crippen LogP contribution in [0.2, 0.25) is 0 Å². The van der Waals surface area contributed by atoms with Gasteiger partial charge in [-0.15, -0.1) is 0 Å². The third-order valence-corrected chi connectivity index (χ3v) is 6.32. The maximum Gasteiger partial charge on any atom is 0.253 e. The molecule has 2 aromatic rings. The Morgan fingerprint density at radius 1 is 0.844 bits per heavy atom. The molecule has 5 heteroatoms. The van der Waals surface area contributed by atoms with E-state index in [0.29, 0.717) is 28.7 Å². The average molecular weight is 435 g/mol. The molecular weight excluding hydrogens is 400 g/mol. The minimum Gasteiger partial charge on any atom is -0.338 e. The molecule has 0 aromatic heterocycles. The molecule has 32 heavy (non-hydrogen) atoms. The zero-order valence-electron chi connectivity index (χ0n) is 19.8. The number of amides is 2. The number of ketones is 1. The summed E-state index contributed by atoms with van der Waals surface area (Å²) in [4.78, 5) is 40.0. The number of nitrogens with one attached hydrogen (secondary N) is 1. The molecule has 1 aliphatic heterocycles. The molecule has 0 aliphatic carbocycles. The molecule has 1 heterocycles. The molecule has 2 amide bonds. The normalized spacial score (nSPS) is 18.3. The zero-order valence-corrected chi connectivity index (χ0v) is 19.8. The number of hydrogen-bond donors (Lipinski definition) is 1. The van der Waals surface area contributed by atoms with Gasteiger partial charge in [0.15, 0.2) is 5.78 Å². The lowest BCUT2D eigenvalue weighted by atomic mass is 9.91. The molecule has 5 nitrogen and oxygen atoms in total. The molecule has 0 bridgehead atoms. The molecular formula is C27H34N2O3. The highest BCUT2D eigenvalue weighted by Crippen LogP contribution is 2.24. The minimum atomic E-state index is -0.227. The van der Waals surface area contributed by atoms with E-state index in [1.807, 2.05) is 56.0 Å². The van der Waals surface area contributed by atoms with Crippen molar-refractivity contribution < 1.29 is 14.4 Å². The van der Waals surface area contributed by atoms with Crippen LogP contribution < -0.4 is 5.32 Å². The number of piperidine rings is 1. The molecule has 1 N–H and O–H groups in total. The number of benzene rings is 2. The second kappa shape index (κ2) is 10.1. The second-order valence-electron chi connectivity index (χ2n) is 9.46. The van der Waals surface area contributed by atoms with E-state index in [0.717, 1.165) is 36.2 Å². The van der Waals surface area contributed by atoms with Gasteiger partial charge in [0.25, 0.3) is 5.91 Å². The summed E-state index contributed by atoms with van der Waals surface area (Å²) in [6.07, 6.45) is 1.39. The number of carbonyl (C=O) groups excluding carboxylic acids is 3. The van der Waals surface area contributed by atoms with Gasteiger partial charge in [-0.2, -0.15) is 0 Å². The Kier molecular flexibility index (Phi) is 7.49. The lowest BCUT2D eigenvalue weighted by molar-refractivity contribution is -0.116. The first-order valence-electron chi connectivity index (χ1n) is 11.4. The second-order valence-corrected chi connectivity index (χ2v) is 9.46. The molecule has 2 atom stereocenters. The van der Waals surface area contributed by atoms with Gasteiger partial charge in [0.2, 0.25) is 5.91 Å². The molecule has 0 spiro atoms. The standard InChI is InChI=1S/C27H34N2O3/c1-17-12-18(2)16-29(15-17)27(32)23-9-7-20(4)24(14-23)28-26(31)11-10-25(30)22-8-6-19(3)21(5)13-22/h6-9,13-14,17-18H,10-12,15-16H2,1-5H3,(H,28,31). The summed E-state index contributed by atoms with van der Waals surface area (Å²) >= 11 is 0. The molecule has 3 rings (SSSR count). The topological polar surface area (TPSA) is 66.5 Å². The first-order chi connectivity index (χ1) is 15.1. The lowest BCUT2D eigenvalue weighted by Crippen LogP contribution is -2.42. The van der Waals surface area contributed by atoms with Crippen LogP contribution in [0.5, 0.6) is 0 Å². The van der Waals surface area contributed by atoms with Crippen LogP contribution in [-0.4, -0.2) is 35.6 Å². The van der Waals surface area contributed by atoms with Crippen molar-refractivity contribution in [2.45, 2.75) is 53.9 Å². The Morgan fingerprint density at radius 2 is 1.47 bits per heavy atom. The highest BCUT2D eigenvalue weighted by Gasteiger charge is 2.26. The van der Waals surface area contributed by atoms with E-state index in [9.17, 15) is 14.4 Å². The van der Waals surface area contributed by atoms with Crippen LogP contribution in [-0.2, 0) is 4.79 Å². The van der Waals surface area contributed by atoms with Crippen LogP contribution in [0.4, 0.5) is 5.69 Å². The Labute approximate surface area is 191 Å². The highest BCUT2D eigenvalue weighted by atomic mass is 16.2. The lowest BCUT2D eigenvalue weighted by Gasteiger charge is -2.35. The Balaban J connectivity index is 1.62. The summed E-state index contributed by atoms with van der Waals surface area (Å²) in [5, 5.41) is 2.89. The fourth-order valence-corrected chi connectivity index (χ4v) is 4.40. The summed E-state index contributed by atoms with van der Waals surface area (Å²) in [5.74, 6) is 0.709. The van der Waals surface area contributed by atoms with E-state index in [1.54, 1.807) is 6.07 Å². The third-order valence-electron chi connectivity index (χ3n) is 6.32. The quantitative estimate of drug-likeness (QED) is 0.625. The van der Waals surface area contributed by atoms with Crippen molar-refractivity contribution in [3.05, 3.63) is 64.2 Å². The zero-order chi connectivity index (χ0) is 23.4. The van der Waals surface area contributed by atoms with E-state index in [4.69, 9.17) is 0 Å². The Hall–Kier alpha value is -2.95. The van der Waals surface area contributed by atoms with E-state index in [1.165, 1.54) is 0 Å². The third kappa shape index (κ3) is 5.84. The molecule has 1 aliphatic rings.